The Labute approximate surface area is 167 Å². The molecule has 1 aromatic carbocycles. The van der Waals surface area contributed by atoms with Crippen molar-refractivity contribution in [3.8, 4) is 5.75 Å². The molecule has 0 unspecified atom stereocenters. The summed E-state index contributed by atoms with van der Waals surface area (Å²) < 4.78 is 15.2. The van der Waals surface area contributed by atoms with Crippen LogP contribution in [0.1, 0.15) is 13.3 Å². The highest BCUT2D eigenvalue weighted by atomic mass is 16.5. The normalized spacial score (nSPS) is 13.7. The summed E-state index contributed by atoms with van der Waals surface area (Å²) in [5.41, 5.74) is 1.12. The highest BCUT2D eigenvalue weighted by Crippen LogP contribution is 2.31. The highest BCUT2D eigenvalue weighted by Gasteiger charge is 2.26. The SMILES string of the molecule is CCOCCn1c(=O)c2c(nc3n2CCCN3c2ccc(OC)cc2)n(C)c1=O. The Morgan fingerprint density at radius 2 is 1.90 bits per heavy atom. The number of fused-ring (bicyclic) bond motifs is 3. The monoisotopic (exact) mass is 399 g/mol. The first-order valence-corrected chi connectivity index (χ1v) is 9.76. The van der Waals surface area contributed by atoms with Crippen LogP contribution in [0.5, 0.6) is 5.75 Å². The molecule has 1 aliphatic heterocycles. The molecule has 0 amide bonds. The lowest BCUT2D eigenvalue weighted by atomic mass is 10.2. The lowest BCUT2D eigenvalue weighted by Crippen LogP contribution is -2.40. The number of rotatable bonds is 6. The van der Waals surface area contributed by atoms with Crippen molar-refractivity contribution in [1.29, 1.82) is 0 Å². The molecule has 0 bridgehead atoms. The van der Waals surface area contributed by atoms with Crippen LogP contribution in [0.4, 0.5) is 11.6 Å². The Morgan fingerprint density at radius 3 is 2.59 bits per heavy atom. The predicted molar refractivity (Wildman–Crippen MR) is 110 cm³/mol. The summed E-state index contributed by atoms with van der Waals surface area (Å²) in [6, 6.07) is 7.72. The molecule has 0 saturated heterocycles. The van der Waals surface area contributed by atoms with E-state index >= 15 is 0 Å². The molecule has 154 valence electrons. The molecule has 9 nitrogen and oxygen atoms in total. The molecular formula is C20H25N5O4. The van der Waals surface area contributed by atoms with E-state index in [0.29, 0.717) is 36.9 Å². The molecule has 2 aromatic heterocycles. The maximum atomic E-state index is 13.2. The van der Waals surface area contributed by atoms with Crippen molar-refractivity contribution < 1.29 is 9.47 Å². The molecule has 0 spiro atoms. The smallest absolute Gasteiger partial charge is 0.332 e. The van der Waals surface area contributed by atoms with Gasteiger partial charge >= 0.3 is 5.69 Å². The van der Waals surface area contributed by atoms with Gasteiger partial charge in [0.15, 0.2) is 11.2 Å². The van der Waals surface area contributed by atoms with E-state index in [1.165, 1.54) is 9.13 Å². The molecule has 0 atom stereocenters. The van der Waals surface area contributed by atoms with Gasteiger partial charge in [-0.1, -0.05) is 0 Å². The molecule has 0 radical (unpaired) electrons. The van der Waals surface area contributed by atoms with Gasteiger partial charge in [0, 0.05) is 32.4 Å². The van der Waals surface area contributed by atoms with E-state index in [0.717, 1.165) is 24.4 Å². The van der Waals surface area contributed by atoms with Gasteiger partial charge in [-0.05, 0) is 37.6 Å². The summed E-state index contributed by atoms with van der Waals surface area (Å²) >= 11 is 0. The summed E-state index contributed by atoms with van der Waals surface area (Å²) in [5, 5.41) is 0. The average molecular weight is 399 g/mol. The number of imidazole rings is 1. The van der Waals surface area contributed by atoms with E-state index in [4.69, 9.17) is 9.47 Å². The van der Waals surface area contributed by atoms with Crippen LogP contribution in [-0.4, -0.2) is 45.6 Å². The van der Waals surface area contributed by atoms with E-state index in [1.807, 2.05) is 35.8 Å². The average Bonchev–Trinajstić information content (AvgIpc) is 3.15. The molecule has 3 aromatic rings. The third kappa shape index (κ3) is 3.21. The van der Waals surface area contributed by atoms with E-state index in [-0.39, 0.29) is 17.8 Å². The van der Waals surface area contributed by atoms with Gasteiger partial charge in [0.2, 0.25) is 5.95 Å². The summed E-state index contributed by atoms with van der Waals surface area (Å²) in [7, 11) is 3.28. The molecule has 4 rings (SSSR count). The molecular weight excluding hydrogens is 374 g/mol. The fourth-order valence-electron chi connectivity index (χ4n) is 3.77. The quantitative estimate of drug-likeness (QED) is 0.584. The zero-order valence-electron chi connectivity index (χ0n) is 16.9. The molecule has 9 heteroatoms. The van der Waals surface area contributed by atoms with E-state index < -0.39 is 0 Å². The summed E-state index contributed by atoms with van der Waals surface area (Å²) in [5.74, 6) is 1.45. The van der Waals surface area contributed by atoms with Crippen LogP contribution in [0, 0.1) is 0 Å². The minimum atomic E-state index is -0.381. The Kier molecular flexibility index (Phi) is 5.14. The largest absolute Gasteiger partial charge is 0.497 e. The number of aryl methyl sites for hydroxylation is 2. The van der Waals surface area contributed by atoms with Gasteiger partial charge in [-0.15, -0.1) is 0 Å². The van der Waals surface area contributed by atoms with Gasteiger partial charge in [0.1, 0.15) is 5.75 Å². The van der Waals surface area contributed by atoms with Gasteiger partial charge in [0.05, 0.1) is 20.3 Å². The number of hydrogen-bond acceptors (Lipinski definition) is 6. The van der Waals surface area contributed by atoms with Crippen LogP contribution in [-0.2, 0) is 24.9 Å². The zero-order valence-corrected chi connectivity index (χ0v) is 16.9. The van der Waals surface area contributed by atoms with Crippen molar-refractivity contribution in [3.63, 3.8) is 0 Å². The second kappa shape index (κ2) is 7.75. The first-order valence-electron chi connectivity index (χ1n) is 9.76. The lowest BCUT2D eigenvalue weighted by molar-refractivity contribution is 0.137. The number of ether oxygens (including phenoxy) is 2. The van der Waals surface area contributed by atoms with Crippen molar-refractivity contribution in [2.75, 3.05) is 31.8 Å². The van der Waals surface area contributed by atoms with Crippen LogP contribution in [0.25, 0.3) is 11.2 Å². The number of hydrogen-bond donors (Lipinski definition) is 0. The van der Waals surface area contributed by atoms with Gasteiger partial charge in [-0.2, -0.15) is 4.98 Å². The minimum absolute atomic E-state index is 0.220. The zero-order chi connectivity index (χ0) is 20.5. The van der Waals surface area contributed by atoms with Crippen molar-refractivity contribution in [2.45, 2.75) is 26.4 Å². The first-order chi connectivity index (χ1) is 14.1. The molecule has 0 saturated carbocycles. The third-order valence-electron chi connectivity index (χ3n) is 5.26. The van der Waals surface area contributed by atoms with Crippen LogP contribution in [0.15, 0.2) is 33.9 Å². The Morgan fingerprint density at radius 1 is 1.14 bits per heavy atom. The first kappa shape index (κ1) is 19.3. The molecule has 1 aliphatic rings. The topological polar surface area (TPSA) is 83.5 Å². The number of methoxy groups -OCH3 is 1. The highest BCUT2D eigenvalue weighted by molar-refractivity contribution is 5.77. The van der Waals surface area contributed by atoms with Gasteiger partial charge in [0.25, 0.3) is 5.56 Å². The lowest BCUT2D eigenvalue weighted by Gasteiger charge is -2.29. The van der Waals surface area contributed by atoms with Crippen molar-refractivity contribution in [1.82, 2.24) is 18.7 Å². The fraction of sp³-hybridized carbons (Fsp3) is 0.450. The van der Waals surface area contributed by atoms with E-state index in [2.05, 4.69) is 9.88 Å². The third-order valence-corrected chi connectivity index (χ3v) is 5.26. The molecule has 0 N–H and O–H groups in total. The summed E-state index contributed by atoms with van der Waals surface area (Å²) in [6.07, 6.45) is 0.867. The van der Waals surface area contributed by atoms with Gasteiger partial charge < -0.3 is 18.9 Å². The Bertz CT molecular complexity index is 1140. The van der Waals surface area contributed by atoms with E-state index in [1.54, 1.807) is 14.2 Å². The summed E-state index contributed by atoms with van der Waals surface area (Å²) in [4.78, 5) is 32.6. The molecule has 29 heavy (non-hydrogen) atoms. The Hall–Kier alpha value is -3.07. The number of aromatic nitrogens is 4. The Balaban J connectivity index is 1.85. The molecule has 0 fully saturated rings. The standard InChI is InChI=1S/C20H25N5O4/c1-4-29-13-12-25-18(26)16-17(22(2)20(25)27)21-19-23(10-5-11-24(16)19)14-6-8-15(28-3)9-7-14/h6-9H,4-5,10-13H2,1-3H3. The van der Waals surface area contributed by atoms with Crippen LogP contribution in [0.2, 0.25) is 0 Å². The van der Waals surface area contributed by atoms with E-state index in [9.17, 15) is 9.59 Å². The van der Waals surface area contributed by atoms with Gasteiger partial charge in [-0.3, -0.25) is 13.9 Å². The van der Waals surface area contributed by atoms with Crippen LogP contribution >= 0.6 is 0 Å². The minimum Gasteiger partial charge on any atom is -0.497 e. The van der Waals surface area contributed by atoms with Crippen molar-refractivity contribution in [3.05, 3.63) is 45.1 Å². The van der Waals surface area contributed by atoms with Crippen LogP contribution < -0.4 is 20.9 Å². The second-order valence-electron chi connectivity index (χ2n) is 6.93. The molecule has 3 heterocycles. The van der Waals surface area contributed by atoms with Crippen molar-refractivity contribution >= 4 is 22.8 Å². The van der Waals surface area contributed by atoms with Crippen LogP contribution in [0.3, 0.4) is 0 Å². The number of anilines is 2. The number of nitrogens with zero attached hydrogens (tertiary/aromatic N) is 5. The second-order valence-corrected chi connectivity index (χ2v) is 6.93. The van der Waals surface area contributed by atoms with Gasteiger partial charge in [-0.25, -0.2) is 4.79 Å². The molecule has 0 aliphatic carbocycles. The number of benzene rings is 1. The maximum absolute atomic E-state index is 13.2. The maximum Gasteiger partial charge on any atom is 0.332 e. The van der Waals surface area contributed by atoms with Crippen molar-refractivity contribution in [2.24, 2.45) is 7.05 Å². The fourth-order valence-corrected chi connectivity index (χ4v) is 3.77. The predicted octanol–water partition coefficient (Wildman–Crippen LogP) is 1.48. The summed E-state index contributed by atoms with van der Waals surface area (Å²) in [6.45, 7) is 4.41.